The molecule has 0 aliphatic heterocycles. The van der Waals surface area contributed by atoms with Gasteiger partial charge in [0.2, 0.25) is 0 Å². The summed E-state index contributed by atoms with van der Waals surface area (Å²) in [6.45, 7) is 6.49. The highest BCUT2D eigenvalue weighted by molar-refractivity contribution is 5.71. The molecule has 0 fully saturated rings. The normalized spacial score (nSPS) is 12.6. The summed E-state index contributed by atoms with van der Waals surface area (Å²) in [4.78, 5) is 38.0. The van der Waals surface area contributed by atoms with Gasteiger partial charge in [-0.1, -0.05) is 229 Å². The quantitative estimate of drug-likeness (QED) is 0.0262. The Bertz CT molecular complexity index is 1230. The fourth-order valence-corrected chi connectivity index (χ4v) is 7.58. The van der Waals surface area contributed by atoms with Crippen LogP contribution in [0.5, 0.6) is 0 Å². The molecule has 0 aromatic heterocycles. The second-order valence-corrected chi connectivity index (χ2v) is 18.1. The van der Waals surface area contributed by atoms with Gasteiger partial charge in [0.1, 0.15) is 13.2 Å². The Morgan fingerprint density at radius 2 is 0.600 bits per heavy atom. The van der Waals surface area contributed by atoms with E-state index in [1.165, 1.54) is 116 Å². The first-order valence-corrected chi connectivity index (χ1v) is 27.4. The minimum atomic E-state index is -0.783. The standard InChI is InChI=1S/C59H102O6/c1-4-7-10-13-16-19-21-23-25-27-28-29-30-32-33-35-37-40-43-46-49-52-58(61)64-55-56(54-63-57(60)51-48-45-42-39-18-15-12-9-6-3)65-59(62)53-50-47-44-41-38-36-34-31-26-24-22-20-17-14-11-8-5-2/h7,10,16,19,23-26,28-29,32-33,56H,4-6,8-9,11-15,17-18,20-22,27,30-31,34-55H2,1-3H3/b10-7-,19-16-,25-23-,26-24-,29-28-,33-32-. The molecule has 0 aromatic rings. The second-order valence-electron chi connectivity index (χ2n) is 18.1. The Balaban J connectivity index is 4.34. The van der Waals surface area contributed by atoms with Gasteiger partial charge in [0, 0.05) is 19.3 Å². The van der Waals surface area contributed by atoms with Crippen LogP contribution in [0.1, 0.15) is 265 Å². The molecule has 0 spiro atoms. The Morgan fingerprint density at radius 3 is 0.954 bits per heavy atom. The van der Waals surface area contributed by atoms with Gasteiger partial charge in [0.15, 0.2) is 6.10 Å². The van der Waals surface area contributed by atoms with Gasteiger partial charge in [-0.3, -0.25) is 14.4 Å². The van der Waals surface area contributed by atoms with Crippen molar-refractivity contribution in [3.63, 3.8) is 0 Å². The van der Waals surface area contributed by atoms with Crippen molar-refractivity contribution in [2.45, 2.75) is 271 Å². The van der Waals surface area contributed by atoms with E-state index in [1.807, 2.05) is 0 Å². The second kappa shape index (κ2) is 53.5. The molecular formula is C59H102O6. The van der Waals surface area contributed by atoms with E-state index in [4.69, 9.17) is 14.2 Å². The van der Waals surface area contributed by atoms with Gasteiger partial charge in [-0.2, -0.15) is 0 Å². The fraction of sp³-hybridized carbons (Fsp3) is 0.746. The van der Waals surface area contributed by atoms with Crippen molar-refractivity contribution < 1.29 is 28.6 Å². The van der Waals surface area contributed by atoms with E-state index >= 15 is 0 Å². The summed E-state index contributed by atoms with van der Waals surface area (Å²) in [6.07, 6.45) is 67.5. The minimum absolute atomic E-state index is 0.0819. The van der Waals surface area contributed by atoms with Gasteiger partial charge in [-0.25, -0.2) is 0 Å². The third kappa shape index (κ3) is 51.7. The summed E-state index contributed by atoms with van der Waals surface area (Å²) in [5, 5.41) is 0. The van der Waals surface area contributed by atoms with E-state index in [1.54, 1.807) is 0 Å². The van der Waals surface area contributed by atoms with Crippen molar-refractivity contribution in [2.75, 3.05) is 13.2 Å². The zero-order chi connectivity index (χ0) is 47.2. The molecule has 0 amide bonds. The lowest BCUT2D eigenvalue weighted by molar-refractivity contribution is -0.167. The van der Waals surface area contributed by atoms with Crippen LogP contribution in [0.25, 0.3) is 0 Å². The fourth-order valence-electron chi connectivity index (χ4n) is 7.58. The molecule has 6 nitrogen and oxygen atoms in total. The highest BCUT2D eigenvalue weighted by atomic mass is 16.6. The maximum atomic E-state index is 12.8. The Hall–Kier alpha value is -3.15. The van der Waals surface area contributed by atoms with Crippen molar-refractivity contribution in [1.82, 2.24) is 0 Å². The van der Waals surface area contributed by atoms with Crippen LogP contribution >= 0.6 is 0 Å². The number of carbonyl (C=O) groups is 3. The average molecular weight is 907 g/mol. The third-order valence-corrected chi connectivity index (χ3v) is 11.7. The predicted molar refractivity (Wildman–Crippen MR) is 279 cm³/mol. The Labute approximate surface area is 402 Å². The van der Waals surface area contributed by atoms with Crippen LogP contribution in [-0.4, -0.2) is 37.2 Å². The lowest BCUT2D eigenvalue weighted by Crippen LogP contribution is -2.30. The van der Waals surface area contributed by atoms with E-state index in [0.29, 0.717) is 19.3 Å². The molecule has 374 valence electrons. The molecule has 0 bridgehead atoms. The van der Waals surface area contributed by atoms with Gasteiger partial charge < -0.3 is 14.2 Å². The van der Waals surface area contributed by atoms with Gasteiger partial charge in [0.25, 0.3) is 0 Å². The Kier molecular flexibility index (Phi) is 50.9. The summed E-state index contributed by atoms with van der Waals surface area (Å²) in [6, 6.07) is 0. The molecule has 0 aromatic carbocycles. The molecule has 6 heteroatoms. The number of rotatable bonds is 49. The number of unbranched alkanes of at least 4 members (excludes halogenated alkanes) is 26. The topological polar surface area (TPSA) is 78.9 Å². The van der Waals surface area contributed by atoms with Crippen LogP contribution in [0, 0.1) is 0 Å². The molecule has 65 heavy (non-hydrogen) atoms. The van der Waals surface area contributed by atoms with Crippen LogP contribution in [0.4, 0.5) is 0 Å². The van der Waals surface area contributed by atoms with Gasteiger partial charge in [-0.05, 0) is 89.9 Å². The lowest BCUT2D eigenvalue weighted by Gasteiger charge is -2.18. The summed E-state index contributed by atoms with van der Waals surface area (Å²) in [5.74, 6) is -0.903. The third-order valence-electron chi connectivity index (χ3n) is 11.7. The molecule has 0 heterocycles. The molecule has 0 aliphatic rings. The summed E-state index contributed by atoms with van der Waals surface area (Å²) >= 11 is 0. The Morgan fingerprint density at radius 1 is 0.323 bits per heavy atom. The molecule has 1 atom stereocenters. The SMILES string of the molecule is CC/C=C\C/C=C\C/C=C\C/C=C\C/C=C\CCCCCCCC(=O)OCC(COC(=O)CCCCCCCCCCC)OC(=O)CCCCCCCCC/C=C\CCCCCCCC. The molecule has 0 N–H and O–H groups in total. The smallest absolute Gasteiger partial charge is 0.306 e. The highest BCUT2D eigenvalue weighted by Crippen LogP contribution is 2.15. The first kappa shape index (κ1) is 61.9. The number of allylic oxidation sites excluding steroid dienone is 12. The first-order valence-electron chi connectivity index (χ1n) is 27.4. The van der Waals surface area contributed by atoms with E-state index in [2.05, 4.69) is 93.7 Å². The van der Waals surface area contributed by atoms with Crippen molar-refractivity contribution in [2.24, 2.45) is 0 Å². The van der Waals surface area contributed by atoms with Crippen LogP contribution < -0.4 is 0 Å². The maximum Gasteiger partial charge on any atom is 0.306 e. The lowest BCUT2D eigenvalue weighted by atomic mass is 10.1. The van der Waals surface area contributed by atoms with Crippen LogP contribution in [0.2, 0.25) is 0 Å². The van der Waals surface area contributed by atoms with Gasteiger partial charge >= 0.3 is 17.9 Å². The summed E-state index contributed by atoms with van der Waals surface area (Å²) in [5.41, 5.74) is 0. The van der Waals surface area contributed by atoms with E-state index < -0.39 is 6.10 Å². The zero-order valence-corrected chi connectivity index (χ0v) is 42.7. The summed E-state index contributed by atoms with van der Waals surface area (Å²) < 4.78 is 16.8. The van der Waals surface area contributed by atoms with E-state index in [9.17, 15) is 14.4 Å². The van der Waals surface area contributed by atoms with Crippen LogP contribution in [0.15, 0.2) is 72.9 Å². The highest BCUT2D eigenvalue weighted by Gasteiger charge is 2.19. The van der Waals surface area contributed by atoms with E-state index in [-0.39, 0.29) is 31.1 Å². The first-order chi connectivity index (χ1) is 32.0. The van der Waals surface area contributed by atoms with Crippen molar-refractivity contribution in [3.8, 4) is 0 Å². The molecule has 0 aliphatic carbocycles. The number of hydrogen-bond donors (Lipinski definition) is 0. The number of hydrogen-bond acceptors (Lipinski definition) is 6. The molecular weight excluding hydrogens is 805 g/mol. The number of esters is 3. The van der Waals surface area contributed by atoms with Crippen molar-refractivity contribution in [1.29, 1.82) is 0 Å². The van der Waals surface area contributed by atoms with Crippen molar-refractivity contribution >= 4 is 17.9 Å². The van der Waals surface area contributed by atoms with E-state index in [0.717, 1.165) is 109 Å². The molecule has 0 saturated carbocycles. The van der Waals surface area contributed by atoms with Crippen LogP contribution in [-0.2, 0) is 28.6 Å². The maximum absolute atomic E-state index is 12.8. The molecule has 0 saturated heterocycles. The zero-order valence-electron chi connectivity index (χ0n) is 42.7. The predicted octanol–water partition coefficient (Wildman–Crippen LogP) is 18.2. The number of carbonyl (C=O) groups excluding carboxylic acids is 3. The van der Waals surface area contributed by atoms with Crippen molar-refractivity contribution in [3.05, 3.63) is 72.9 Å². The minimum Gasteiger partial charge on any atom is -0.462 e. The number of ether oxygens (including phenoxy) is 3. The summed E-state index contributed by atoms with van der Waals surface area (Å²) in [7, 11) is 0. The largest absolute Gasteiger partial charge is 0.462 e. The monoisotopic (exact) mass is 907 g/mol. The molecule has 1 unspecified atom stereocenters. The van der Waals surface area contributed by atoms with Gasteiger partial charge in [0.05, 0.1) is 0 Å². The van der Waals surface area contributed by atoms with Crippen LogP contribution in [0.3, 0.4) is 0 Å². The molecule has 0 radical (unpaired) electrons. The average Bonchev–Trinajstić information content (AvgIpc) is 3.30. The molecule has 0 rings (SSSR count). The van der Waals surface area contributed by atoms with Gasteiger partial charge in [-0.15, -0.1) is 0 Å².